The lowest BCUT2D eigenvalue weighted by atomic mass is 9.92. The van der Waals surface area contributed by atoms with Crippen molar-refractivity contribution >= 4 is 6.09 Å². The van der Waals surface area contributed by atoms with Crippen LogP contribution in [0.3, 0.4) is 0 Å². The third kappa shape index (κ3) is 3.70. The fraction of sp³-hybridized carbons (Fsp3) is 0.786. The van der Waals surface area contributed by atoms with E-state index in [1.54, 1.807) is 4.90 Å². The molecule has 108 valence electrons. The molecule has 5 heteroatoms. The van der Waals surface area contributed by atoms with Crippen LogP contribution in [0.1, 0.15) is 27.2 Å². The summed E-state index contributed by atoms with van der Waals surface area (Å²) in [6.07, 6.45) is 2.01. The quantitative estimate of drug-likeness (QED) is 0.734. The Morgan fingerprint density at radius 1 is 1.47 bits per heavy atom. The van der Waals surface area contributed by atoms with Gasteiger partial charge in [0.15, 0.2) is 0 Å². The molecule has 2 heterocycles. The molecule has 0 bridgehead atoms. The Labute approximate surface area is 114 Å². The van der Waals surface area contributed by atoms with E-state index in [0.29, 0.717) is 26.3 Å². The van der Waals surface area contributed by atoms with Gasteiger partial charge in [-0.15, -0.1) is 0 Å². The Morgan fingerprint density at radius 3 is 2.79 bits per heavy atom. The summed E-state index contributed by atoms with van der Waals surface area (Å²) in [6.45, 7) is 7.70. The van der Waals surface area contributed by atoms with Crippen LogP contribution in [0.25, 0.3) is 0 Å². The normalized spacial score (nSPS) is 28.2. The summed E-state index contributed by atoms with van der Waals surface area (Å²) in [5.41, 5.74) is 0.697. The lowest BCUT2D eigenvalue weighted by Crippen LogP contribution is -2.35. The first kappa shape index (κ1) is 14.3. The van der Waals surface area contributed by atoms with Gasteiger partial charge < -0.3 is 19.5 Å². The van der Waals surface area contributed by atoms with Crippen LogP contribution >= 0.6 is 0 Å². The molecule has 0 aromatic heterocycles. The van der Waals surface area contributed by atoms with Crippen LogP contribution in [0.2, 0.25) is 0 Å². The summed E-state index contributed by atoms with van der Waals surface area (Å²) < 4.78 is 10.6. The molecular formula is C14H23NO4. The van der Waals surface area contributed by atoms with E-state index < -0.39 is 11.7 Å². The van der Waals surface area contributed by atoms with Crippen molar-refractivity contribution < 1.29 is 19.4 Å². The van der Waals surface area contributed by atoms with E-state index in [1.165, 1.54) is 5.57 Å². The Hall–Kier alpha value is -1.07. The van der Waals surface area contributed by atoms with E-state index in [4.69, 9.17) is 9.47 Å². The van der Waals surface area contributed by atoms with Crippen LogP contribution in [0.4, 0.5) is 4.79 Å². The first-order valence-corrected chi connectivity index (χ1v) is 6.79. The first-order valence-electron chi connectivity index (χ1n) is 6.79. The minimum Gasteiger partial charge on any atom is -0.444 e. The molecule has 0 aliphatic carbocycles. The van der Waals surface area contributed by atoms with Crippen molar-refractivity contribution in [3.8, 4) is 0 Å². The maximum atomic E-state index is 12.0. The number of nitrogens with zero attached hydrogens (tertiary/aromatic N) is 1. The van der Waals surface area contributed by atoms with Crippen molar-refractivity contribution in [1.82, 2.24) is 4.90 Å². The number of carbonyl (C=O) groups excluding carboxylic acids is 1. The van der Waals surface area contributed by atoms with Gasteiger partial charge in [0.05, 0.1) is 25.9 Å². The van der Waals surface area contributed by atoms with Crippen molar-refractivity contribution in [3.05, 3.63) is 11.6 Å². The zero-order valence-corrected chi connectivity index (χ0v) is 11.9. The molecule has 5 nitrogen and oxygen atoms in total. The molecule has 2 rings (SSSR count). The van der Waals surface area contributed by atoms with Crippen molar-refractivity contribution in [2.75, 3.05) is 26.3 Å². The van der Waals surface area contributed by atoms with Gasteiger partial charge in [0, 0.05) is 12.5 Å². The fourth-order valence-corrected chi connectivity index (χ4v) is 2.50. The number of hydrogen-bond acceptors (Lipinski definition) is 4. The van der Waals surface area contributed by atoms with Crippen LogP contribution in [0.15, 0.2) is 11.6 Å². The topological polar surface area (TPSA) is 59.0 Å². The average Bonchev–Trinajstić information content (AvgIpc) is 2.70. The standard InChI is InChI=1S/C14H23NO4/c1-14(2,3)19-13(17)15-8-11(12(16)9-15)10-4-6-18-7-5-10/h4,11-12,16H,5-9H2,1-3H3/t11-,12+/m0/s1. The SMILES string of the molecule is CC(C)(C)OC(=O)N1C[C@@H](O)[C@H](C2=CCOCC2)C1. The lowest BCUT2D eigenvalue weighted by molar-refractivity contribution is 0.0270. The molecule has 1 saturated heterocycles. The second-order valence-electron chi connectivity index (χ2n) is 6.16. The molecule has 1 fully saturated rings. The lowest BCUT2D eigenvalue weighted by Gasteiger charge is -2.24. The van der Waals surface area contributed by atoms with Crippen molar-refractivity contribution in [1.29, 1.82) is 0 Å². The van der Waals surface area contributed by atoms with Crippen LogP contribution in [0, 0.1) is 5.92 Å². The van der Waals surface area contributed by atoms with E-state index in [2.05, 4.69) is 0 Å². The zero-order valence-electron chi connectivity index (χ0n) is 11.9. The van der Waals surface area contributed by atoms with E-state index in [-0.39, 0.29) is 12.0 Å². The Bertz CT molecular complexity index is 372. The number of hydrogen-bond donors (Lipinski definition) is 1. The van der Waals surface area contributed by atoms with E-state index in [1.807, 2.05) is 26.8 Å². The van der Waals surface area contributed by atoms with Gasteiger partial charge in [0.1, 0.15) is 5.60 Å². The largest absolute Gasteiger partial charge is 0.444 e. The van der Waals surface area contributed by atoms with Crippen LogP contribution in [-0.4, -0.2) is 54.1 Å². The summed E-state index contributed by atoms with van der Waals surface area (Å²) in [4.78, 5) is 13.6. The molecule has 0 unspecified atom stereocenters. The molecule has 0 aromatic rings. The highest BCUT2D eigenvalue weighted by molar-refractivity contribution is 5.68. The highest BCUT2D eigenvalue weighted by Gasteiger charge is 2.37. The Morgan fingerprint density at radius 2 is 2.21 bits per heavy atom. The second kappa shape index (κ2) is 5.51. The molecule has 1 N–H and O–H groups in total. The molecule has 19 heavy (non-hydrogen) atoms. The van der Waals surface area contributed by atoms with Crippen LogP contribution < -0.4 is 0 Å². The van der Waals surface area contributed by atoms with Crippen molar-refractivity contribution in [3.63, 3.8) is 0 Å². The highest BCUT2D eigenvalue weighted by atomic mass is 16.6. The summed E-state index contributed by atoms with van der Waals surface area (Å²) in [6, 6.07) is 0. The molecule has 0 radical (unpaired) electrons. The zero-order chi connectivity index (χ0) is 14.0. The van der Waals surface area contributed by atoms with Gasteiger partial charge in [-0.1, -0.05) is 11.6 Å². The summed E-state index contributed by atoms with van der Waals surface area (Å²) in [7, 11) is 0. The number of carbonyl (C=O) groups is 1. The summed E-state index contributed by atoms with van der Waals surface area (Å²) in [5.74, 6) is 0.0245. The molecular weight excluding hydrogens is 246 g/mol. The van der Waals surface area contributed by atoms with Gasteiger partial charge in [-0.05, 0) is 27.2 Å². The van der Waals surface area contributed by atoms with E-state index in [9.17, 15) is 9.90 Å². The van der Waals surface area contributed by atoms with Gasteiger partial charge in [-0.3, -0.25) is 0 Å². The Balaban J connectivity index is 1.97. The van der Waals surface area contributed by atoms with Gasteiger partial charge in [-0.25, -0.2) is 4.79 Å². The minimum absolute atomic E-state index is 0.0245. The molecule has 0 spiro atoms. The number of aliphatic hydroxyl groups excluding tert-OH is 1. The third-order valence-corrected chi connectivity index (χ3v) is 3.42. The molecule has 0 aromatic carbocycles. The van der Waals surface area contributed by atoms with Crippen LogP contribution in [-0.2, 0) is 9.47 Å². The highest BCUT2D eigenvalue weighted by Crippen LogP contribution is 2.29. The monoisotopic (exact) mass is 269 g/mol. The number of aliphatic hydroxyl groups is 1. The summed E-state index contributed by atoms with van der Waals surface area (Å²) >= 11 is 0. The minimum atomic E-state index is -0.503. The number of rotatable bonds is 1. The maximum absolute atomic E-state index is 12.0. The third-order valence-electron chi connectivity index (χ3n) is 3.42. The first-order chi connectivity index (χ1) is 8.87. The molecule has 2 aliphatic heterocycles. The van der Waals surface area contributed by atoms with Crippen LogP contribution in [0.5, 0.6) is 0 Å². The van der Waals surface area contributed by atoms with E-state index >= 15 is 0 Å². The molecule has 0 saturated carbocycles. The number of β-amino-alcohol motifs (C(OH)–C–C–N with tert-alkyl or cyclic N) is 1. The fourth-order valence-electron chi connectivity index (χ4n) is 2.50. The molecule has 2 aliphatic rings. The number of likely N-dealkylation sites (tertiary alicyclic amines) is 1. The van der Waals surface area contributed by atoms with Gasteiger partial charge >= 0.3 is 6.09 Å². The van der Waals surface area contributed by atoms with Crippen molar-refractivity contribution in [2.24, 2.45) is 5.92 Å². The predicted octanol–water partition coefficient (Wildman–Crippen LogP) is 1.56. The molecule has 2 atom stereocenters. The number of amides is 1. The van der Waals surface area contributed by atoms with Gasteiger partial charge in [-0.2, -0.15) is 0 Å². The Kier molecular flexibility index (Phi) is 4.16. The number of ether oxygens (including phenoxy) is 2. The van der Waals surface area contributed by atoms with Gasteiger partial charge in [0.2, 0.25) is 0 Å². The average molecular weight is 269 g/mol. The van der Waals surface area contributed by atoms with E-state index in [0.717, 1.165) is 6.42 Å². The van der Waals surface area contributed by atoms with Crippen molar-refractivity contribution in [2.45, 2.75) is 38.9 Å². The molecule has 1 amide bonds. The summed E-state index contributed by atoms with van der Waals surface area (Å²) in [5, 5.41) is 10.1. The van der Waals surface area contributed by atoms with Gasteiger partial charge in [0.25, 0.3) is 0 Å². The predicted molar refractivity (Wildman–Crippen MR) is 70.8 cm³/mol. The second-order valence-corrected chi connectivity index (χ2v) is 6.16. The smallest absolute Gasteiger partial charge is 0.410 e. The maximum Gasteiger partial charge on any atom is 0.410 e.